The first kappa shape index (κ1) is 14.2. The first-order valence-electron chi connectivity index (χ1n) is 5.75. The molecular formula is C13H16FNO3. The molecule has 1 amide bonds. The molecule has 18 heavy (non-hydrogen) atoms. The van der Waals surface area contributed by atoms with Crippen LogP contribution in [0.5, 0.6) is 0 Å². The smallest absolute Gasteiger partial charge is 0.326 e. The Balaban J connectivity index is 2.78. The summed E-state index contributed by atoms with van der Waals surface area (Å²) in [5.74, 6) is -2.20. The van der Waals surface area contributed by atoms with Crippen LogP contribution in [0.15, 0.2) is 24.3 Å². The van der Waals surface area contributed by atoms with Crippen LogP contribution in [0, 0.1) is 11.7 Å². The largest absolute Gasteiger partial charge is 0.480 e. The lowest BCUT2D eigenvalue weighted by atomic mass is 9.99. The van der Waals surface area contributed by atoms with Gasteiger partial charge in [-0.1, -0.05) is 20.3 Å². The molecule has 0 spiro atoms. The lowest BCUT2D eigenvalue weighted by Gasteiger charge is -2.20. The highest BCUT2D eigenvalue weighted by Crippen LogP contribution is 2.10. The predicted molar refractivity (Wildman–Crippen MR) is 64.7 cm³/mol. The number of carboxylic acids is 1. The number of hydrogen-bond donors (Lipinski definition) is 2. The molecule has 1 aromatic rings. The fourth-order valence-electron chi connectivity index (χ4n) is 1.51. The molecule has 0 aromatic heterocycles. The van der Waals surface area contributed by atoms with Crippen LogP contribution >= 0.6 is 0 Å². The second-order valence-electron chi connectivity index (χ2n) is 4.18. The van der Waals surface area contributed by atoms with E-state index in [1.807, 2.05) is 6.92 Å². The minimum absolute atomic E-state index is 0.174. The minimum atomic E-state index is -1.07. The standard InChI is InChI=1S/C13H16FNO3/c1-3-8(2)11(13(17)18)15-12(16)9-4-6-10(14)7-5-9/h4-8,11H,3H2,1-2H3,(H,15,16)(H,17,18)/t8-,11-/m1/s1. The third-order valence-electron chi connectivity index (χ3n) is 2.87. The fourth-order valence-corrected chi connectivity index (χ4v) is 1.51. The van der Waals surface area contributed by atoms with Crippen LogP contribution in [0.4, 0.5) is 4.39 Å². The molecule has 2 atom stereocenters. The molecule has 0 aliphatic carbocycles. The van der Waals surface area contributed by atoms with Crippen molar-refractivity contribution in [2.45, 2.75) is 26.3 Å². The van der Waals surface area contributed by atoms with Gasteiger partial charge in [0.1, 0.15) is 11.9 Å². The third-order valence-corrected chi connectivity index (χ3v) is 2.87. The predicted octanol–water partition coefficient (Wildman–Crippen LogP) is 2.05. The Morgan fingerprint density at radius 2 is 1.89 bits per heavy atom. The zero-order chi connectivity index (χ0) is 13.7. The summed E-state index contributed by atoms with van der Waals surface area (Å²) >= 11 is 0. The summed E-state index contributed by atoms with van der Waals surface area (Å²) in [7, 11) is 0. The van der Waals surface area contributed by atoms with Crippen LogP contribution in [-0.2, 0) is 4.79 Å². The summed E-state index contributed by atoms with van der Waals surface area (Å²) < 4.78 is 12.7. The van der Waals surface area contributed by atoms with Gasteiger partial charge in [-0.25, -0.2) is 9.18 Å². The molecule has 0 aliphatic rings. The first-order valence-corrected chi connectivity index (χ1v) is 5.75. The van der Waals surface area contributed by atoms with Crippen molar-refractivity contribution in [3.05, 3.63) is 35.6 Å². The van der Waals surface area contributed by atoms with E-state index in [9.17, 15) is 14.0 Å². The highest BCUT2D eigenvalue weighted by molar-refractivity contribution is 5.96. The molecule has 2 N–H and O–H groups in total. The molecule has 1 rings (SSSR count). The Hall–Kier alpha value is -1.91. The number of carbonyl (C=O) groups excluding carboxylic acids is 1. The van der Waals surface area contributed by atoms with E-state index in [4.69, 9.17) is 5.11 Å². The van der Waals surface area contributed by atoms with Gasteiger partial charge in [0.15, 0.2) is 0 Å². The molecule has 4 nitrogen and oxygen atoms in total. The van der Waals surface area contributed by atoms with Gasteiger partial charge in [-0.05, 0) is 30.2 Å². The summed E-state index contributed by atoms with van der Waals surface area (Å²) in [4.78, 5) is 22.8. The zero-order valence-corrected chi connectivity index (χ0v) is 10.3. The molecule has 0 fully saturated rings. The first-order chi connectivity index (χ1) is 8.45. The number of benzene rings is 1. The average molecular weight is 253 g/mol. The number of nitrogens with one attached hydrogen (secondary N) is 1. The second-order valence-corrected chi connectivity index (χ2v) is 4.18. The van der Waals surface area contributed by atoms with Gasteiger partial charge in [0.05, 0.1) is 0 Å². The van der Waals surface area contributed by atoms with Gasteiger partial charge >= 0.3 is 5.97 Å². The lowest BCUT2D eigenvalue weighted by molar-refractivity contribution is -0.140. The molecule has 0 heterocycles. The Morgan fingerprint density at radius 3 is 2.33 bits per heavy atom. The van der Waals surface area contributed by atoms with Crippen LogP contribution in [0.2, 0.25) is 0 Å². The topological polar surface area (TPSA) is 66.4 Å². The van der Waals surface area contributed by atoms with E-state index in [-0.39, 0.29) is 11.5 Å². The maximum atomic E-state index is 12.7. The second kappa shape index (κ2) is 6.14. The fraction of sp³-hybridized carbons (Fsp3) is 0.385. The Bertz CT molecular complexity index is 430. The molecule has 1 aromatic carbocycles. The number of aliphatic carboxylic acids is 1. The van der Waals surface area contributed by atoms with E-state index in [0.717, 1.165) is 12.1 Å². The maximum Gasteiger partial charge on any atom is 0.326 e. The van der Waals surface area contributed by atoms with Crippen molar-refractivity contribution in [1.82, 2.24) is 5.32 Å². The molecule has 0 radical (unpaired) electrons. The Morgan fingerprint density at radius 1 is 1.33 bits per heavy atom. The molecule has 98 valence electrons. The Kier molecular flexibility index (Phi) is 4.83. The van der Waals surface area contributed by atoms with Crippen molar-refractivity contribution in [2.24, 2.45) is 5.92 Å². The average Bonchev–Trinajstić information content (AvgIpc) is 2.35. The molecule has 0 bridgehead atoms. The quantitative estimate of drug-likeness (QED) is 0.844. The summed E-state index contributed by atoms with van der Waals surface area (Å²) in [6, 6.07) is 4.02. The van der Waals surface area contributed by atoms with Crippen molar-refractivity contribution < 1.29 is 19.1 Å². The van der Waals surface area contributed by atoms with Crippen LogP contribution in [0.1, 0.15) is 30.6 Å². The van der Waals surface area contributed by atoms with Gasteiger partial charge in [0.25, 0.3) is 5.91 Å². The number of rotatable bonds is 5. The van der Waals surface area contributed by atoms with Crippen LogP contribution in [-0.4, -0.2) is 23.0 Å². The van der Waals surface area contributed by atoms with E-state index < -0.39 is 23.7 Å². The van der Waals surface area contributed by atoms with Crippen molar-refractivity contribution >= 4 is 11.9 Å². The minimum Gasteiger partial charge on any atom is -0.480 e. The van der Waals surface area contributed by atoms with Crippen molar-refractivity contribution in [3.8, 4) is 0 Å². The Labute approximate surface area is 105 Å². The molecule has 0 aliphatic heterocycles. The normalized spacial score (nSPS) is 13.7. The van der Waals surface area contributed by atoms with E-state index in [1.165, 1.54) is 12.1 Å². The molecule has 0 saturated carbocycles. The SMILES string of the molecule is CC[C@@H](C)[C@@H](NC(=O)c1ccc(F)cc1)C(=O)O. The maximum absolute atomic E-state index is 12.7. The zero-order valence-electron chi connectivity index (χ0n) is 10.3. The van der Waals surface area contributed by atoms with E-state index in [2.05, 4.69) is 5.32 Å². The van der Waals surface area contributed by atoms with Crippen LogP contribution in [0.25, 0.3) is 0 Å². The van der Waals surface area contributed by atoms with E-state index >= 15 is 0 Å². The summed E-state index contributed by atoms with van der Waals surface area (Å²) in [5.41, 5.74) is 0.242. The van der Waals surface area contributed by atoms with Gasteiger partial charge < -0.3 is 10.4 Å². The van der Waals surface area contributed by atoms with Gasteiger partial charge in [-0.15, -0.1) is 0 Å². The van der Waals surface area contributed by atoms with E-state index in [1.54, 1.807) is 6.92 Å². The van der Waals surface area contributed by atoms with Gasteiger partial charge in [-0.2, -0.15) is 0 Å². The summed E-state index contributed by atoms with van der Waals surface area (Å²) in [6.07, 6.45) is 0.640. The lowest BCUT2D eigenvalue weighted by Crippen LogP contribution is -2.45. The van der Waals surface area contributed by atoms with Gasteiger partial charge in [0, 0.05) is 5.56 Å². The van der Waals surface area contributed by atoms with Crippen LogP contribution in [0.3, 0.4) is 0 Å². The molecule has 5 heteroatoms. The number of amides is 1. The molecule has 0 saturated heterocycles. The van der Waals surface area contributed by atoms with Gasteiger partial charge in [0.2, 0.25) is 0 Å². The van der Waals surface area contributed by atoms with Gasteiger partial charge in [-0.3, -0.25) is 4.79 Å². The summed E-state index contributed by atoms with van der Waals surface area (Å²) in [6.45, 7) is 3.61. The molecular weight excluding hydrogens is 237 g/mol. The highest BCUT2D eigenvalue weighted by atomic mass is 19.1. The molecule has 0 unspecified atom stereocenters. The van der Waals surface area contributed by atoms with Crippen LogP contribution < -0.4 is 5.32 Å². The van der Waals surface area contributed by atoms with Crippen molar-refractivity contribution in [1.29, 1.82) is 0 Å². The number of carbonyl (C=O) groups is 2. The monoisotopic (exact) mass is 253 g/mol. The third kappa shape index (κ3) is 3.55. The van der Waals surface area contributed by atoms with Crippen molar-refractivity contribution in [2.75, 3.05) is 0 Å². The number of hydrogen-bond acceptors (Lipinski definition) is 2. The number of halogens is 1. The highest BCUT2D eigenvalue weighted by Gasteiger charge is 2.25. The van der Waals surface area contributed by atoms with E-state index in [0.29, 0.717) is 6.42 Å². The number of carboxylic acid groups (broad SMARTS) is 1. The van der Waals surface area contributed by atoms with Crippen molar-refractivity contribution in [3.63, 3.8) is 0 Å². The summed E-state index contributed by atoms with van der Waals surface area (Å²) in [5, 5.41) is 11.5.